The van der Waals surface area contributed by atoms with Crippen LogP contribution in [0.25, 0.3) is 0 Å². The molecule has 16 atom stereocenters. The molecule has 0 rings (SSSR count). The van der Waals surface area contributed by atoms with Gasteiger partial charge in [-0.05, 0) is 0 Å². The van der Waals surface area contributed by atoms with E-state index in [4.69, 9.17) is 40.9 Å². The fourth-order valence-electron chi connectivity index (χ4n) is 3.25. The third kappa shape index (κ3) is 16.8. The van der Waals surface area contributed by atoms with Crippen molar-refractivity contribution in [1.29, 1.82) is 0 Å². The minimum absolute atomic E-state index is 0. The number of carbonyl (C=O) groups is 6. The average Bonchev–Trinajstić information content (AvgIpc) is 3.10. The Labute approximate surface area is 323 Å². The van der Waals surface area contributed by atoms with E-state index in [0.717, 1.165) is 0 Å². The summed E-state index contributed by atoms with van der Waals surface area (Å²) in [6.07, 6.45) is -40.4. The molecule has 28 nitrogen and oxygen atoms in total. The van der Waals surface area contributed by atoms with E-state index >= 15 is 0 Å². The molecule has 0 aliphatic carbocycles. The summed E-state index contributed by atoms with van der Waals surface area (Å²) in [7, 11) is 0. The number of aliphatic hydroxyl groups excluding tert-OH is 16. The first-order chi connectivity index (χ1) is 23.7. The molecule has 0 aromatic heterocycles. The van der Waals surface area contributed by atoms with Gasteiger partial charge in [0.2, 0.25) is 0 Å². The van der Waals surface area contributed by atoms with Crippen LogP contribution in [-0.4, -0.2) is 276 Å². The van der Waals surface area contributed by atoms with Gasteiger partial charge in [0.25, 0.3) is 0 Å². The van der Waals surface area contributed by atoms with E-state index < -0.39 is 147 Å². The zero-order valence-electron chi connectivity index (χ0n) is 26.5. The van der Waals surface area contributed by atoms with Gasteiger partial charge in [-0.2, -0.15) is 0 Å². The first-order valence-electron chi connectivity index (χ1n) is 13.8. The van der Waals surface area contributed by atoms with E-state index in [0.29, 0.717) is 0 Å². The molecule has 0 spiro atoms. The number of esters is 2. The number of rotatable bonds is 22. The molecule has 53 heavy (non-hydrogen) atoms. The van der Waals surface area contributed by atoms with Gasteiger partial charge in [0.15, 0.2) is 36.6 Å². The fraction of sp³-hybridized carbons (Fsp3) is 0.750. The maximum absolute atomic E-state index is 11.6. The zero-order chi connectivity index (χ0) is 41.5. The predicted octanol–water partition coefficient (Wildman–Crippen LogP) is -15.9. The molecule has 18 N–H and O–H groups in total. The van der Waals surface area contributed by atoms with E-state index in [-0.39, 0.29) is 37.7 Å². The molecule has 0 bridgehead atoms. The largest absolute Gasteiger partial charge is 2.00 e. The number of carboxylic acid groups (broad SMARTS) is 4. The van der Waals surface area contributed by atoms with Crippen LogP contribution in [0.1, 0.15) is 0 Å². The Kier molecular flexibility index (Phi) is 26.4. The van der Waals surface area contributed by atoms with Crippen molar-refractivity contribution < 1.29 is 140 Å². The Hall–Kier alpha value is -2.56. The summed E-state index contributed by atoms with van der Waals surface area (Å²) in [5, 5.41) is 186. The molecule has 0 fully saturated rings. The molecule has 29 heteroatoms. The van der Waals surface area contributed by atoms with Crippen LogP contribution in [0.4, 0.5) is 0 Å². The maximum Gasteiger partial charge on any atom is 2.00 e. The Morgan fingerprint density at radius 2 is 0.642 bits per heavy atom. The summed E-state index contributed by atoms with van der Waals surface area (Å²) in [6, 6.07) is 0. The maximum atomic E-state index is 11.6. The van der Waals surface area contributed by atoms with Gasteiger partial charge >= 0.3 is 61.6 Å². The van der Waals surface area contributed by atoms with E-state index in [9.17, 15) is 90.0 Å². The summed E-state index contributed by atoms with van der Waals surface area (Å²) >= 11 is 0. The minimum Gasteiger partial charge on any atom is -0.546 e. The van der Waals surface area contributed by atoms with Gasteiger partial charge < -0.3 is 121 Å². The van der Waals surface area contributed by atoms with Gasteiger partial charge in [-0.1, -0.05) is 0 Å². The smallest absolute Gasteiger partial charge is 0.546 e. The molecule has 0 radical (unpaired) electrons. The monoisotopic (exact) mass is 814 g/mol. The second-order valence-electron chi connectivity index (χ2n) is 10.2. The van der Waals surface area contributed by atoms with Crippen molar-refractivity contribution >= 4 is 73.6 Å². The number of hydrogen-bond donors (Lipinski definition) is 18. The molecule has 0 amide bonds. The first kappa shape index (κ1) is 54.8. The standard InChI is InChI=1S/2C12H20O14.Ca/c2*13-1-2(14)3(15)6(18)9(11(23)24)26-12(25)8(20)5(17)4(16)7(19)10(21)22;/h2*2-9,13-20H,1H2,(H,21,22)(H,23,24);/q;;+2/p-2/t2*2-,3-,4+,5+,6+,7+,8-,9-;/m11./s1. The minimum atomic E-state index is -2.77. The molecule has 0 aromatic carbocycles. The van der Waals surface area contributed by atoms with Crippen molar-refractivity contribution in [3.8, 4) is 0 Å². The molecule has 0 heterocycles. The number of carbonyl (C=O) groups excluding carboxylic acids is 4. The van der Waals surface area contributed by atoms with Gasteiger partial charge in [0.05, 0.1) is 25.2 Å². The number of hydrogen-bond acceptors (Lipinski definition) is 26. The van der Waals surface area contributed by atoms with Crippen LogP contribution in [0.15, 0.2) is 0 Å². The second kappa shape index (κ2) is 25.5. The van der Waals surface area contributed by atoms with E-state index in [1.165, 1.54) is 0 Å². The van der Waals surface area contributed by atoms with Crippen molar-refractivity contribution in [2.45, 2.75) is 97.7 Å². The Morgan fingerprint density at radius 3 is 0.830 bits per heavy atom. The molecule has 0 aliphatic rings. The zero-order valence-corrected chi connectivity index (χ0v) is 28.7. The average molecular weight is 815 g/mol. The fourth-order valence-corrected chi connectivity index (χ4v) is 3.25. The molecule has 0 saturated heterocycles. The Bertz CT molecular complexity index is 1080. The molecule has 0 unspecified atom stereocenters. The van der Waals surface area contributed by atoms with Gasteiger partial charge in [-0.25, -0.2) is 19.2 Å². The molecule has 0 saturated carbocycles. The molecule has 0 aromatic rings. The summed E-state index contributed by atoms with van der Waals surface area (Å²) in [5.74, 6) is -12.6. The van der Waals surface area contributed by atoms with Crippen LogP contribution in [0.3, 0.4) is 0 Å². The van der Waals surface area contributed by atoms with E-state index in [1.54, 1.807) is 0 Å². The topological polar surface area (TPSA) is 531 Å². The van der Waals surface area contributed by atoms with Gasteiger partial charge in [-0.15, -0.1) is 0 Å². The summed E-state index contributed by atoms with van der Waals surface area (Å²) in [4.78, 5) is 65.9. The SMILES string of the molecule is O=C(O)[C@@H](O)[C@@H](O)[C@H](O)[C@@H](O)C(=O)O[C@@H](C(=O)[O-])[C@@H](O)[C@H](O)[C@H](O)CO.O=C(O)[C@@H](O)[C@@H](O)[C@H](O)[C@@H](O)C(=O)O[C@@H](C(=O)[O-])[C@@H](O)[C@H](O)[C@H](O)CO.[Ca+2]. The van der Waals surface area contributed by atoms with Crippen molar-refractivity contribution in [2.75, 3.05) is 13.2 Å². The number of carboxylic acids is 4. The van der Waals surface area contributed by atoms with Crippen LogP contribution < -0.4 is 10.2 Å². The summed E-state index contributed by atoms with van der Waals surface area (Å²) < 4.78 is 8.22. The van der Waals surface area contributed by atoms with Gasteiger partial charge in [-0.3, -0.25) is 0 Å². The van der Waals surface area contributed by atoms with Crippen LogP contribution >= 0.6 is 0 Å². The van der Waals surface area contributed by atoms with Crippen LogP contribution in [0.2, 0.25) is 0 Å². The van der Waals surface area contributed by atoms with Crippen molar-refractivity contribution in [3.05, 3.63) is 0 Å². The Balaban J connectivity index is -0.000000926. The van der Waals surface area contributed by atoms with Crippen molar-refractivity contribution in [3.63, 3.8) is 0 Å². The second-order valence-corrected chi connectivity index (χ2v) is 10.2. The molecule has 304 valence electrons. The van der Waals surface area contributed by atoms with E-state index in [2.05, 4.69) is 9.47 Å². The molecule has 0 aliphatic heterocycles. The number of aliphatic carboxylic acids is 4. The van der Waals surface area contributed by atoms with Crippen LogP contribution in [-0.2, 0) is 38.2 Å². The van der Waals surface area contributed by atoms with Gasteiger partial charge in [0, 0.05) is 0 Å². The normalized spacial score (nSPS) is 20.4. The quantitative estimate of drug-likeness (QED) is 0.0356. The predicted molar refractivity (Wildman–Crippen MR) is 149 cm³/mol. The number of ether oxygens (including phenoxy) is 2. The first-order valence-corrected chi connectivity index (χ1v) is 13.8. The van der Waals surface area contributed by atoms with Crippen molar-refractivity contribution in [2.24, 2.45) is 0 Å². The van der Waals surface area contributed by atoms with E-state index in [1.807, 2.05) is 0 Å². The summed E-state index contributed by atoms with van der Waals surface area (Å²) in [6.45, 7) is -2.21. The van der Waals surface area contributed by atoms with Crippen LogP contribution in [0.5, 0.6) is 0 Å². The van der Waals surface area contributed by atoms with Gasteiger partial charge in [0.1, 0.15) is 61.0 Å². The third-order valence-corrected chi connectivity index (χ3v) is 6.42. The van der Waals surface area contributed by atoms with Crippen LogP contribution in [0, 0.1) is 0 Å². The Morgan fingerprint density at radius 1 is 0.415 bits per heavy atom. The molecular formula is C24H38CaO28. The number of aliphatic hydroxyl groups is 16. The third-order valence-electron chi connectivity index (χ3n) is 6.42. The summed E-state index contributed by atoms with van der Waals surface area (Å²) in [5.41, 5.74) is 0. The van der Waals surface area contributed by atoms with Crippen molar-refractivity contribution in [1.82, 2.24) is 0 Å². The molecular weight excluding hydrogens is 776 g/mol.